The highest BCUT2D eigenvalue weighted by atomic mass is 32.2. The Morgan fingerprint density at radius 2 is 2.14 bits per heavy atom. The van der Waals surface area contributed by atoms with Crippen LogP contribution in [0.1, 0.15) is 17.5 Å². The Morgan fingerprint density at radius 1 is 1.36 bits per heavy atom. The zero-order chi connectivity index (χ0) is 16.1. The van der Waals surface area contributed by atoms with E-state index in [0.717, 1.165) is 22.9 Å². The number of nitrogens with one attached hydrogen (secondary N) is 2. The van der Waals surface area contributed by atoms with Gasteiger partial charge in [-0.1, -0.05) is 29.5 Å². The van der Waals surface area contributed by atoms with E-state index >= 15 is 0 Å². The first-order valence-electron chi connectivity index (χ1n) is 6.74. The third-order valence-corrected chi connectivity index (χ3v) is 3.81. The number of carbonyl (C=O) groups excluding carboxylic acids is 1. The number of hydrogen-bond acceptors (Lipinski definition) is 5. The fraction of sp³-hybridized carbons (Fsp3) is 0.267. The second-order valence-electron chi connectivity index (χ2n) is 4.87. The molecule has 0 unspecified atom stereocenters. The maximum atomic E-state index is 11.9. The molecule has 1 aromatic carbocycles. The van der Waals surface area contributed by atoms with Crippen molar-refractivity contribution in [2.24, 2.45) is 0 Å². The van der Waals surface area contributed by atoms with Crippen LogP contribution in [0.4, 0.5) is 5.69 Å². The topological polar surface area (TPSA) is 95.1 Å². The number of rotatable bonds is 5. The molecule has 0 atom stereocenters. The van der Waals surface area contributed by atoms with Gasteiger partial charge in [0.25, 0.3) is 5.56 Å². The molecule has 7 heteroatoms. The molecule has 0 saturated carbocycles. The molecule has 1 heterocycles. The quantitative estimate of drug-likeness (QED) is 0.580. The van der Waals surface area contributed by atoms with Gasteiger partial charge in [0.1, 0.15) is 0 Å². The van der Waals surface area contributed by atoms with Crippen LogP contribution in [-0.4, -0.2) is 26.7 Å². The zero-order valence-corrected chi connectivity index (χ0v) is 13.2. The van der Waals surface area contributed by atoms with Gasteiger partial charge >= 0.3 is 0 Å². The fourth-order valence-electron chi connectivity index (χ4n) is 1.90. The highest BCUT2D eigenvalue weighted by Crippen LogP contribution is 2.18. The first-order chi connectivity index (χ1) is 10.4. The maximum absolute atomic E-state index is 11.9. The normalized spacial score (nSPS) is 10.5. The molecule has 22 heavy (non-hydrogen) atoms. The van der Waals surface area contributed by atoms with E-state index in [4.69, 9.17) is 0 Å². The van der Waals surface area contributed by atoms with Crippen molar-refractivity contribution in [2.75, 3.05) is 11.1 Å². The summed E-state index contributed by atoms with van der Waals surface area (Å²) in [6.45, 7) is 3.94. The second-order valence-corrected chi connectivity index (χ2v) is 5.96. The summed E-state index contributed by atoms with van der Waals surface area (Å²) in [5.74, 6) is 0.0105. The van der Waals surface area contributed by atoms with Gasteiger partial charge in [-0.3, -0.25) is 9.59 Å². The molecule has 0 saturated heterocycles. The summed E-state index contributed by atoms with van der Waals surface area (Å²) in [5.41, 5.74) is 2.53. The average molecular weight is 319 g/mol. The van der Waals surface area contributed by atoms with Crippen molar-refractivity contribution in [1.82, 2.24) is 9.97 Å². The van der Waals surface area contributed by atoms with Crippen molar-refractivity contribution in [2.45, 2.75) is 25.4 Å². The molecule has 116 valence electrons. The number of thioether (sulfide) groups is 1. The van der Waals surface area contributed by atoms with Gasteiger partial charge in [0.05, 0.1) is 6.07 Å². The number of anilines is 1. The summed E-state index contributed by atoms with van der Waals surface area (Å²) >= 11 is 1.21. The summed E-state index contributed by atoms with van der Waals surface area (Å²) in [6, 6.07) is 6.82. The molecule has 0 aliphatic carbocycles. The second kappa shape index (κ2) is 7.13. The first-order valence-corrected chi connectivity index (χ1v) is 7.73. The van der Waals surface area contributed by atoms with Crippen LogP contribution in [0.2, 0.25) is 0 Å². The van der Waals surface area contributed by atoms with Gasteiger partial charge in [0.15, 0.2) is 5.16 Å². The van der Waals surface area contributed by atoms with E-state index in [0.29, 0.717) is 10.9 Å². The molecular formula is C15H17N3O3S. The lowest BCUT2D eigenvalue weighted by Gasteiger charge is -2.09. The van der Waals surface area contributed by atoms with Crippen molar-refractivity contribution >= 4 is 23.4 Å². The van der Waals surface area contributed by atoms with Crippen LogP contribution in [0.25, 0.3) is 0 Å². The molecule has 6 nitrogen and oxygen atoms in total. The number of aromatic hydroxyl groups is 1. The summed E-state index contributed by atoms with van der Waals surface area (Å²) in [6.07, 6.45) is 0.275. The van der Waals surface area contributed by atoms with Crippen molar-refractivity contribution in [3.05, 3.63) is 45.7 Å². The minimum Gasteiger partial charge on any atom is -0.493 e. The van der Waals surface area contributed by atoms with Crippen LogP contribution in [0.15, 0.2) is 34.2 Å². The number of carbonyl (C=O) groups is 1. The SMILES string of the molecule is Cc1ccc(NC(=O)CCSc2nc(O)cc(=O)[nH]2)c(C)c1. The molecule has 2 aromatic rings. The van der Waals surface area contributed by atoms with Gasteiger partial charge in [0, 0.05) is 17.9 Å². The lowest BCUT2D eigenvalue weighted by Crippen LogP contribution is -2.13. The fourth-order valence-corrected chi connectivity index (χ4v) is 2.71. The Labute approximate surface area is 132 Å². The number of aryl methyl sites for hydroxylation is 2. The molecule has 1 aromatic heterocycles. The van der Waals surface area contributed by atoms with Gasteiger partial charge in [-0.25, -0.2) is 0 Å². The van der Waals surface area contributed by atoms with Crippen molar-refractivity contribution < 1.29 is 9.90 Å². The third kappa shape index (κ3) is 4.63. The Balaban J connectivity index is 1.86. The maximum Gasteiger partial charge on any atom is 0.255 e. The molecule has 0 aliphatic rings. The number of amides is 1. The monoisotopic (exact) mass is 319 g/mol. The van der Waals surface area contributed by atoms with E-state index in [2.05, 4.69) is 15.3 Å². The molecule has 0 fully saturated rings. The number of aromatic amines is 1. The summed E-state index contributed by atoms with van der Waals surface area (Å²) in [5, 5.41) is 12.4. The van der Waals surface area contributed by atoms with Crippen LogP contribution in [0.3, 0.4) is 0 Å². The van der Waals surface area contributed by atoms with Gasteiger partial charge < -0.3 is 15.4 Å². The van der Waals surface area contributed by atoms with E-state index < -0.39 is 5.56 Å². The van der Waals surface area contributed by atoms with E-state index in [9.17, 15) is 14.7 Å². The summed E-state index contributed by atoms with van der Waals surface area (Å²) in [4.78, 5) is 29.3. The van der Waals surface area contributed by atoms with Crippen LogP contribution >= 0.6 is 11.8 Å². The van der Waals surface area contributed by atoms with Crippen LogP contribution in [0.5, 0.6) is 5.88 Å². The largest absolute Gasteiger partial charge is 0.493 e. The molecular weight excluding hydrogens is 302 g/mol. The first kappa shape index (κ1) is 16.1. The Morgan fingerprint density at radius 3 is 2.82 bits per heavy atom. The van der Waals surface area contributed by atoms with Gasteiger partial charge in [0.2, 0.25) is 11.8 Å². The zero-order valence-electron chi connectivity index (χ0n) is 12.3. The Hall–Kier alpha value is -2.28. The van der Waals surface area contributed by atoms with Crippen LogP contribution < -0.4 is 10.9 Å². The summed E-state index contributed by atoms with van der Waals surface area (Å²) in [7, 11) is 0. The van der Waals surface area contributed by atoms with Gasteiger partial charge in [-0.05, 0) is 25.5 Å². The third-order valence-electron chi connectivity index (χ3n) is 2.93. The smallest absolute Gasteiger partial charge is 0.255 e. The van der Waals surface area contributed by atoms with E-state index in [1.54, 1.807) is 0 Å². The predicted molar refractivity (Wildman–Crippen MR) is 86.4 cm³/mol. The van der Waals surface area contributed by atoms with Crippen molar-refractivity contribution in [3.8, 4) is 5.88 Å². The minimum absolute atomic E-state index is 0.109. The van der Waals surface area contributed by atoms with Crippen molar-refractivity contribution in [3.63, 3.8) is 0 Å². The Bertz CT molecular complexity index is 743. The predicted octanol–water partition coefficient (Wildman–Crippen LogP) is 2.21. The van der Waals surface area contributed by atoms with E-state index in [1.165, 1.54) is 11.8 Å². The molecule has 1 amide bonds. The molecule has 0 bridgehead atoms. The van der Waals surface area contributed by atoms with E-state index in [-0.39, 0.29) is 18.2 Å². The van der Waals surface area contributed by atoms with Crippen LogP contribution in [0, 0.1) is 13.8 Å². The number of hydrogen-bond donors (Lipinski definition) is 3. The highest BCUT2D eigenvalue weighted by molar-refractivity contribution is 7.99. The minimum atomic E-state index is -0.422. The van der Waals surface area contributed by atoms with E-state index in [1.807, 2.05) is 32.0 Å². The highest BCUT2D eigenvalue weighted by Gasteiger charge is 2.07. The standard InChI is InChI=1S/C15H17N3O3S/c1-9-3-4-11(10(2)7-9)16-12(19)5-6-22-15-17-13(20)8-14(21)18-15/h3-4,7-8H,5-6H2,1-2H3,(H,16,19)(H2,17,18,20,21). The number of H-pyrrole nitrogens is 1. The summed E-state index contributed by atoms with van der Waals surface area (Å²) < 4.78 is 0. The lowest BCUT2D eigenvalue weighted by molar-refractivity contribution is -0.115. The molecule has 3 N–H and O–H groups in total. The van der Waals surface area contributed by atoms with Crippen LogP contribution in [-0.2, 0) is 4.79 Å². The molecule has 0 aliphatic heterocycles. The number of aromatic nitrogens is 2. The van der Waals surface area contributed by atoms with Gasteiger partial charge in [-0.15, -0.1) is 0 Å². The molecule has 0 radical (unpaired) electrons. The number of nitrogens with zero attached hydrogens (tertiary/aromatic N) is 1. The molecule has 2 rings (SSSR count). The average Bonchev–Trinajstić information content (AvgIpc) is 2.41. The molecule has 0 spiro atoms. The number of benzene rings is 1. The lowest BCUT2D eigenvalue weighted by atomic mass is 10.1. The Kier molecular flexibility index (Phi) is 5.21. The van der Waals surface area contributed by atoms with Crippen molar-refractivity contribution in [1.29, 1.82) is 0 Å². The van der Waals surface area contributed by atoms with Gasteiger partial charge in [-0.2, -0.15) is 4.98 Å².